The molecule has 108 valence electrons. The molecule has 0 aliphatic rings. The first-order valence-electron chi connectivity index (χ1n) is 5.91. The van der Waals surface area contributed by atoms with Crippen molar-refractivity contribution in [2.75, 3.05) is 0 Å². The Balaban J connectivity index is 0.00000110. The van der Waals surface area contributed by atoms with E-state index >= 15 is 0 Å². The minimum Gasteiger partial charge on any atom is -0.321 e. The molecule has 0 amide bonds. The largest absolute Gasteiger partial charge is 0.321 e. The second kappa shape index (κ2) is 7.57. The van der Waals surface area contributed by atoms with Gasteiger partial charge in [-0.15, -0.1) is 24.8 Å². The van der Waals surface area contributed by atoms with Crippen LogP contribution in [0.3, 0.4) is 0 Å². The van der Waals surface area contributed by atoms with Crippen LogP contribution in [0.15, 0.2) is 65.7 Å². The highest BCUT2D eigenvalue weighted by molar-refractivity contribution is 5.85. The zero-order valence-electron chi connectivity index (χ0n) is 10.9. The molecule has 0 saturated heterocycles. The molecule has 3 heterocycles. The summed E-state index contributed by atoms with van der Waals surface area (Å²) in [7, 11) is 0. The van der Waals surface area contributed by atoms with E-state index in [2.05, 4.69) is 15.0 Å². The van der Waals surface area contributed by atoms with Crippen LogP contribution in [-0.4, -0.2) is 15.0 Å². The molecule has 21 heavy (non-hydrogen) atoms. The maximum atomic E-state index is 11.4. The third-order valence-corrected chi connectivity index (χ3v) is 2.77. The van der Waals surface area contributed by atoms with E-state index in [1.807, 2.05) is 36.4 Å². The standard InChI is InChI=1S/C15H11N3O.2ClH/c19-14-8-3-7-13(18-14)15-11(5-4-10-17-15)12-6-1-2-9-16-12;;/h1-10H,(H,18,19);2*1H. The summed E-state index contributed by atoms with van der Waals surface area (Å²) < 4.78 is 0. The van der Waals surface area contributed by atoms with Gasteiger partial charge in [-0.1, -0.05) is 12.1 Å². The molecule has 0 fully saturated rings. The first-order chi connectivity index (χ1) is 9.34. The molecule has 0 radical (unpaired) electrons. The molecule has 0 unspecified atom stereocenters. The van der Waals surface area contributed by atoms with Crippen molar-refractivity contribution < 1.29 is 0 Å². The Bertz CT molecular complexity index is 760. The molecule has 0 spiro atoms. The number of rotatable bonds is 2. The van der Waals surface area contributed by atoms with Gasteiger partial charge in [-0.3, -0.25) is 14.8 Å². The number of hydrogen-bond donors (Lipinski definition) is 1. The van der Waals surface area contributed by atoms with E-state index in [9.17, 15) is 4.79 Å². The van der Waals surface area contributed by atoms with E-state index in [-0.39, 0.29) is 30.4 Å². The zero-order chi connectivity index (χ0) is 13.1. The van der Waals surface area contributed by atoms with Gasteiger partial charge in [0.25, 0.3) is 0 Å². The lowest BCUT2D eigenvalue weighted by atomic mass is 10.1. The molecule has 3 rings (SSSR count). The molecule has 0 atom stereocenters. The molecule has 0 bridgehead atoms. The Morgan fingerprint density at radius 1 is 0.810 bits per heavy atom. The van der Waals surface area contributed by atoms with Gasteiger partial charge in [0.1, 0.15) is 0 Å². The van der Waals surface area contributed by atoms with Crippen LogP contribution in [0, 0.1) is 0 Å². The van der Waals surface area contributed by atoms with Gasteiger partial charge in [0, 0.05) is 24.0 Å². The fourth-order valence-electron chi connectivity index (χ4n) is 1.93. The van der Waals surface area contributed by atoms with E-state index < -0.39 is 0 Å². The Kier molecular flexibility index (Phi) is 6.09. The lowest BCUT2D eigenvalue weighted by Gasteiger charge is -2.07. The number of aromatic nitrogens is 3. The third-order valence-electron chi connectivity index (χ3n) is 2.77. The summed E-state index contributed by atoms with van der Waals surface area (Å²) in [5, 5.41) is 0. The summed E-state index contributed by atoms with van der Waals surface area (Å²) in [4.78, 5) is 22.9. The fraction of sp³-hybridized carbons (Fsp3) is 0. The van der Waals surface area contributed by atoms with Gasteiger partial charge in [0.05, 0.1) is 17.1 Å². The highest BCUT2D eigenvalue weighted by atomic mass is 35.5. The van der Waals surface area contributed by atoms with Crippen LogP contribution in [0.25, 0.3) is 22.6 Å². The third kappa shape index (κ3) is 3.68. The van der Waals surface area contributed by atoms with Crippen molar-refractivity contribution in [2.45, 2.75) is 0 Å². The van der Waals surface area contributed by atoms with Gasteiger partial charge in [-0.25, -0.2) is 0 Å². The summed E-state index contributed by atoms with van der Waals surface area (Å²) in [5.41, 5.74) is 2.99. The number of nitrogens with one attached hydrogen (secondary N) is 1. The SMILES string of the molecule is Cl.Cl.O=c1cccc(-c2ncccc2-c2ccccn2)[nH]1. The lowest BCUT2D eigenvalue weighted by Crippen LogP contribution is -2.04. The Hall–Kier alpha value is -2.17. The molecular weight excluding hydrogens is 309 g/mol. The van der Waals surface area contributed by atoms with Crippen LogP contribution in [0.2, 0.25) is 0 Å². The lowest BCUT2D eigenvalue weighted by molar-refractivity contribution is 1.19. The number of aromatic amines is 1. The van der Waals surface area contributed by atoms with Crippen molar-refractivity contribution in [3.63, 3.8) is 0 Å². The molecule has 4 nitrogen and oxygen atoms in total. The maximum Gasteiger partial charge on any atom is 0.248 e. The molecule has 0 aliphatic heterocycles. The van der Waals surface area contributed by atoms with Crippen LogP contribution in [0.5, 0.6) is 0 Å². The monoisotopic (exact) mass is 321 g/mol. The van der Waals surface area contributed by atoms with E-state index in [4.69, 9.17) is 0 Å². The average Bonchev–Trinajstić information content (AvgIpc) is 2.48. The topological polar surface area (TPSA) is 58.6 Å². The summed E-state index contributed by atoms with van der Waals surface area (Å²) in [6.07, 6.45) is 3.44. The van der Waals surface area contributed by atoms with Gasteiger partial charge >= 0.3 is 0 Å². The smallest absolute Gasteiger partial charge is 0.248 e. The summed E-state index contributed by atoms with van der Waals surface area (Å²) >= 11 is 0. The number of halogens is 2. The Morgan fingerprint density at radius 3 is 2.33 bits per heavy atom. The molecular formula is C15H13Cl2N3O. The number of pyridine rings is 3. The maximum absolute atomic E-state index is 11.4. The van der Waals surface area contributed by atoms with Gasteiger partial charge in [-0.05, 0) is 30.3 Å². The minimum absolute atomic E-state index is 0. The first kappa shape index (κ1) is 16.9. The summed E-state index contributed by atoms with van der Waals surface area (Å²) in [5.74, 6) is 0. The fourth-order valence-corrected chi connectivity index (χ4v) is 1.93. The van der Waals surface area contributed by atoms with Crippen molar-refractivity contribution in [1.29, 1.82) is 0 Å². The molecule has 0 aromatic carbocycles. The molecule has 0 aliphatic carbocycles. The van der Waals surface area contributed by atoms with Crippen molar-refractivity contribution in [3.8, 4) is 22.6 Å². The van der Waals surface area contributed by atoms with E-state index in [1.165, 1.54) is 6.07 Å². The number of H-pyrrole nitrogens is 1. The van der Waals surface area contributed by atoms with Gasteiger partial charge in [0.15, 0.2) is 0 Å². The zero-order valence-corrected chi connectivity index (χ0v) is 12.5. The van der Waals surface area contributed by atoms with Gasteiger partial charge in [0.2, 0.25) is 5.56 Å². The molecule has 3 aromatic rings. The van der Waals surface area contributed by atoms with Crippen LogP contribution in [0.4, 0.5) is 0 Å². The first-order valence-corrected chi connectivity index (χ1v) is 5.91. The van der Waals surface area contributed by atoms with Gasteiger partial charge < -0.3 is 4.98 Å². The van der Waals surface area contributed by atoms with Crippen molar-refractivity contribution >= 4 is 24.8 Å². The molecule has 3 aromatic heterocycles. The molecule has 0 saturated carbocycles. The van der Waals surface area contributed by atoms with E-state index in [0.29, 0.717) is 5.69 Å². The highest BCUT2D eigenvalue weighted by Gasteiger charge is 2.09. The molecule has 6 heteroatoms. The van der Waals surface area contributed by atoms with Crippen LogP contribution >= 0.6 is 24.8 Å². The second-order valence-electron chi connectivity index (χ2n) is 4.04. The second-order valence-corrected chi connectivity index (χ2v) is 4.04. The quantitative estimate of drug-likeness (QED) is 0.787. The van der Waals surface area contributed by atoms with E-state index in [0.717, 1.165) is 17.0 Å². The molecule has 1 N–H and O–H groups in total. The predicted octanol–water partition coefficient (Wildman–Crippen LogP) is 3.34. The van der Waals surface area contributed by atoms with Crippen molar-refractivity contribution in [3.05, 3.63) is 71.3 Å². The Morgan fingerprint density at radius 2 is 1.62 bits per heavy atom. The summed E-state index contributed by atoms with van der Waals surface area (Å²) in [6, 6.07) is 14.5. The van der Waals surface area contributed by atoms with Crippen LogP contribution < -0.4 is 5.56 Å². The normalized spacial score (nSPS) is 9.33. The van der Waals surface area contributed by atoms with Crippen LogP contribution in [0.1, 0.15) is 0 Å². The minimum atomic E-state index is -0.143. The number of hydrogen-bond acceptors (Lipinski definition) is 3. The van der Waals surface area contributed by atoms with Gasteiger partial charge in [-0.2, -0.15) is 0 Å². The predicted molar refractivity (Wildman–Crippen MR) is 88.0 cm³/mol. The van der Waals surface area contributed by atoms with Crippen LogP contribution in [-0.2, 0) is 0 Å². The van der Waals surface area contributed by atoms with Crippen molar-refractivity contribution in [1.82, 2.24) is 15.0 Å². The summed E-state index contributed by atoms with van der Waals surface area (Å²) in [6.45, 7) is 0. The Labute approximate surface area is 134 Å². The highest BCUT2D eigenvalue weighted by Crippen LogP contribution is 2.26. The number of nitrogens with zero attached hydrogens (tertiary/aromatic N) is 2. The van der Waals surface area contributed by atoms with E-state index in [1.54, 1.807) is 18.5 Å². The van der Waals surface area contributed by atoms with Crippen molar-refractivity contribution in [2.24, 2.45) is 0 Å². The average molecular weight is 322 g/mol.